The topological polar surface area (TPSA) is 69.8 Å². The Hall–Kier alpha value is -2.82. The summed E-state index contributed by atoms with van der Waals surface area (Å²) in [4.78, 5) is 20.1. The fraction of sp³-hybridized carbons (Fsp3) is 0.391. The maximum absolute atomic E-state index is 12.5. The molecule has 1 aliphatic carbocycles. The number of rotatable bonds is 6. The van der Waals surface area contributed by atoms with Crippen LogP contribution in [0.3, 0.4) is 0 Å². The minimum Gasteiger partial charge on any atom is -0.382 e. The number of hydrogen-bond acceptors (Lipinski definition) is 3. The molecule has 5 nitrogen and oxygen atoms in total. The summed E-state index contributed by atoms with van der Waals surface area (Å²) in [7, 11) is 0. The molecule has 0 atom stereocenters. The zero-order valence-electron chi connectivity index (χ0n) is 16.2. The summed E-state index contributed by atoms with van der Waals surface area (Å²) in [5.74, 6) is -0.121. The zero-order valence-corrected chi connectivity index (χ0v) is 16.2. The van der Waals surface area contributed by atoms with Gasteiger partial charge in [-0.2, -0.15) is 0 Å². The molecule has 1 aliphatic rings. The number of fused-ring (bicyclic) bond motifs is 1. The summed E-state index contributed by atoms with van der Waals surface area (Å²) in [5, 5.41) is 7.80. The van der Waals surface area contributed by atoms with Crippen molar-refractivity contribution in [2.24, 2.45) is 0 Å². The van der Waals surface area contributed by atoms with Gasteiger partial charge < -0.3 is 15.6 Å². The molecule has 5 heteroatoms. The number of carbonyl (C=O) groups excluding carboxylic acids is 1. The number of aromatic amines is 1. The highest BCUT2D eigenvalue weighted by molar-refractivity contribution is 5.93. The average molecular weight is 377 g/mol. The molecule has 28 heavy (non-hydrogen) atoms. The van der Waals surface area contributed by atoms with Crippen LogP contribution in [0, 0.1) is 0 Å². The zero-order chi connectivity index (χ0) is 19.2. The van der Waals surface area contributed by atoms with Crippen LogP contribution in [0.5, 0.6) is 0 Å². The number of nitrogens with zero attached hydrogens (tertiary/aromatic N) is 1. The summed E-state index contributed by atoms with van der Waals surface area (Å²) >= 11 is 0. The molecule has 1 aromatic carbocycles. The Morgan fingerprint density at radius 1 is 1.11 bits per heavy atom. The van der Waals surface area contributed by atoms with Crippen molar-refractivity contribution < 1.29 is 4.79 Å². The van der Waals surface area contributed by atoms with Gasteiger partial charge in [0.05, 0.1) is 0 Å². The standard InChI is InChI=1S/C23H28N4O/c28-23(25-13-11-17-16-26-21-10-6-5-9-20(17)21)22-15-19(12-14-24-22)27-18-7-3-1-2-4-8-18/h5-6,9-10,12,14-16,18,26H,1-4,7-8,11,13H2,(H,24,27)(H,25,28). The first-order chi connectivity index (χ1) is 13.8. The lowest BCUT2D eigenvalue weighted by molar-refractivity contribution is 0.0949. The number of aromatic nitrogens is 2. The van der Waals surface area contributed by atoms with E-state index in [4.69, 9.17) is 0 Å². The number of amides is 1. The highest BCUT2D eigenvalue weighted by Crippen LogP contribution is 2.21. The smallest absolute Gasteiger partial charge is 0.269 e. The Bertz CT molecular complexity index is 925. The van der Waals surface area contributed by atoms with Gasteiger partial charge in [0.25, 0.3) is 5.91 Å². The van der Waals surface area contributed by atoms with E-state index in [2.05, 4.69) is 32.7 Å². The summed E-state index contributed by atoms with van der Waals surface area (Å²) in [6.07, 6.45) is 12.2. The van der Waals surface area contributed by atoms with Crippen molar-refractivity contribution in [1.82, 2.24) is 15.3 Å². The molecule has 2 aromatic heterocycles. The SMILES string of the molecule is O=C(NCCc1c[nH]c2ccccc12)c1cc(NC2CCCCCC2)ccn1. The van der Waals surface area contributed by atoms with E-state index in [-0.39, 0.29) is 5.91 Å². The summed E-state index contributed by atoms with van der Waals surface area (Å²) in [5.41, 5.74) is 3.80. The maximum atomic E-state index is 12.5. The van der Waals surface area contributed by atoms with Crippen molar-refractivity contribution in [2.75, 3.05) is 11.9 Å². The largest absolute Gasteiger partial charge is 0.382 e. The molecule has 146 valence electrons. The Kier molecular flexibility index (Phi) is 5.90. The number of nitrogens with one attached hydrogen (secondary N) is 3. The number of benzene rings is 1. The van der Waals surface area contributed by atoms with Crippen molar-refractivity contribution in [2.45, 2.75) is 51.0 Å². The first kappa shape index (κ1) is 18.5. The molecule has 0 saturated heterocycles. The fourth-order valence-electron chi connectivity index (χ4n) is 4.04. The Labute approximate surface area is 166 Å². The quantitative estimate of drug-likeness (QED) is 0.548. The monoisotopic (exact) mass is 376 g/mol. The van der Waals surface area contributed by atoms with Crippen molar-refractivity contribution in [3.8, 4) is 0 Å². The maximum Gasteiger partial charge on any atom is 0.269 e. The van der Waals surface area contributed by atoms with Crippen molar-refractivity contribution in [3.05, 3.63) is 60.0 Å². The normalized spacial score (nSPS) is 15.3. The van der Waals surface area contributed by atoms with E-state index in [1.807, 2.05) is 30.5 Å². The van der Waals surface area contributed by atoms with E-state index in [9.17, 15) is 4.79 Å². The van der Waals surface area contributed by atoms with Crippen LogP contribution in [0.25, 0.3) is 10.9 Å². The van der Waals surface area contributed by atoms with Crippen LogP contribution in [0.1, 0.15) is 54.6 Å². The molecule has 2 heterocycles. The van der Waals surface area contributed by atoms with Crippen LogP contribution in [0.4, 0.5) is 5.69 Å². The van der Waals surface area contributed by atoms with E-state index in [1.165, 1.54) is 49.5 Å². The van der Waals surface area contributed by atoms with Crippen LogP contribution in [0.2, 0.25) is 0 Å². The van der Waals surface area contributed by atoms with E-state index in [0.717, 1.165) is 17.6 Å². The van der Waals surface area contributed by atoms with Crippen LogP contribution < -0.4 is 10.6 Å². The number of carbonyl (C=O) groups is 1. The molecule has 1 amide bonds. The number of anilines is 1. The van der Waals surface area contributed by atoms with Gasteiger partial charge in [-0.25, -0.2) is 0 Å². The third-order valence-corrected chi connectivity index (χ3v) is 5.57. The number of para-hydroxylation sites is 1. The van der Waals surface area contributed by atoms with E-state index < -0.39 is 0 Å². The van der Waals surface area contributed by atoms with Gasteiger partial charge in [-0.05, 0) is 43.0 Å². The minimum atomic E-state index is -0.121. The van der Waals surface area contributed by atoms with E-state index >= 15 is 0 Å². The molecule has 3 N–H and O–H groups in total. The molecule has 1 saturated carbocycles. The number of pyridine rings is 1. The van der Waals surface area contributed by atoms with Gasteiger partial charge in [-0.15, -0.1) is 0 Å². The predicted molar refractivity (Wildman–Crippen MR) is 114 cm³/mol. The summed E-state index contributed by atoms with van der Waals surface area (Å²) in [6.45, 7) is 0.586. The average Bonchev–Trinajstić information content (AvgIpc) is 2.95. The van der Waals surface area contributed by atoms with Crippen LogP contribution in [-0.4, -0.2) is 28.5 Å². The first-order valence-corrected chi connectivity index (χ1v) is 10.4. The van der Waals surface area contributed by atoms with Gasteiger partial charge >= 0.3 is 0 Å². The molecule has 0 unspecified atom stereocenters. The van der Waals surface area contributed by atoms with E-state index in [0.29, 0.717) is 18.3 Å². The van der Waals surface area contributed by atoms with Crippen molar-refractivity contribution in [1.29, 1.82) is 0 Å². The Morgan fingerprint density at radius 3 is 2.79 bits per heavy atom. The molecule has 1 fully saturated rings. The van der Waals surface area contributed by atoms with Gasteiger partial charge in [0, 0.05) is 41.6 Å². The van der Waals surface area contributed by atoms with Gasteiger partial charge in [0.2, 0.25) is 0 Å². The Balaban J connectivity index is 1.33. The molecule has 3 aromatic rings. The summed E-state index contributed by atoms with van der Waals surface area (Å²) in [6, 6.07) is 12.5. The van der Waals surface area contributed by atoms with Crippen LogP contribution >= 0.6 is 0 Å². The molecule has 0 spiro atoms. The molecular weight excluding hydrogens is 348 g/mol. The third-order valence-electron chi connectivity index (χ3n) is 5.57. The van der Waals surface area contributed by atoms with Gasteiger partial charge in [0.1, 0.15) is 5.69 Å². The van der Waals surface area contributed by atoms with Gasteiger partial charge in [0.15, 0.2) is 0 Å². The van der Waals surface area contributed by atoms with Crippen LogP contribution in [-0.2, 0) is 6.42 Å². The second-order valence-corrected chi connectivity index (χ2v) is 7.63. The summed E-state index contributed by atoms with van der Waals surface area (Å²) < 4.78 is 0. The van der Waals surface area contributed by atoms with E-state index in [1.54, 1.807) is 6.20 Å². The molecule has 0 bridgehead atoms. The fourth-order valence-corrected chi connectivity index (χ4v) is 4.04. The van der Waals surface area contributed by atoms with Crippen molar-refractivity contribution in [3.63, 3.8) is 0 Å². The van der Waals surface area contributed by atoms with Crippen molar-refractivity contribution >= 4 is 22.5 Å². The first-order valence-electron chi connectivity index (χ1n) is 10.4. The lowest BCUT2D eigenvalue weighted by Gasteiger charge is -2.17. The van der Waals surface area contributed by atoms with Gasteiger partial charge in [-0.3, -0.25) is 9.78 Å². The number of H-pyrrole nitrogens is 1. The molecule has 0 radical (unpaired) electrons. The number of hydrogen-bond donors (Lipinski definition) is 3. The lowest BCUT2D eigenvalue weighted by Crippen LogP contribution is -2.27. The molecule has 0 aliphatic heterocycles. The van der Waals surface area contributed by atoms with Crippen LogP contribution in [0.15, 0.2) is 48.8 Å². The van der Waals surface area contributed by atoms with Gasteiger partial charge in [-0.1, -0.05) is 43.9 Å². The highest BCUT2D eigenvalue weighted by Gasteiger charge is 2.13. The third kappa shape index (κ3) is 4.53. The lowest BCUT2D eigenvalue weighted by atomic mass is 10.1. The Morgan fingerprint density at radius 2 is 1.93 bits per heavy atom. The molecule has 4 rings (SSSR count). The second-order valence-electron chi connectivity index (χ2n) is 7.63. The molecular formula is C23H28N4O. The predicted octanol–water partition coefficient (Wildman–Crippen LogP) is 4.67. The minimum absolute atomic E-state index is 0.121. The highest BCUT2D eigenvalue weighted by atomic mass is 16.1. The second kappa shape index (κ2) is 8.91.